The van der Waals surface area contributed by atoms with E-state index in [-0.39, 0.29) is 0 Å². The van der Waals surface area contributed by atoms with E-state index in [0.717, 1.165) is 6.42 Å². The smallest absolute Gasteiger partial charge is 0.0106 e. The minimum atomic E-state index is 0.373. The first-order chi connectivity index (χ1) is 5.20. The molecule has 0 aromatic rings. The molecule has 1 aliphatic carbocycles. The van der Waals surface area contributed by atoms with Crippen LogP contribution in [0.5, 0.6) is 0 Å². The van der Waals surface area contributed by atoms with Crippen LogP contribution in [0.15, 0.2) is 36.5 Å². The third kappa shape index (κ3) is 1.83. The zero-order valence-corrected chi connectivity index (χ0v) is 7.43. The maximum atomic E-state index is 3.78. The standard InChI is InChI=1S/C11H16/c1-4-10-7-6-8-11(3,5-2)9-10/h4,6-8H,1,5,9H2,2-3H3. The van der Waals surface area contributed by atoms with Gasteiger partial charge in [0.15, 0.2) is 0 Å². The molecule has 1 unspecified atom stereocenters. The largest absolute Gasteiger partial charge is 0.0988 e. The van der Waals surface area contributed by atoms with Gasteiger partial charge in [-0.2, -0.15) is 0 Å². The van der Waals surface area contributed by atoms with E-state index in [1.807, 2.05) is 6.08 Å². The monoisotopic (exact) mass is 148 g/mol. The molecule has 0 amide bonds. The summed E-state index contributed by atoms with van der Waals surface area (Å²) in [5.41, 5.74) is 1.73. The van der Waals surface area contributed by atoms with Crippen molar-refractivity contribution in [2.75, 3.05) is 0 Å². The molecule has 0 bridgehead atoms. The van der Waals surface area contributed by atoms with Gasteiger partial charge in [-0.25, -0.2) is 0 Å². The number of rotatable bonds is 2. The van der Waals surface area contributed by atoms with Gasteiger partial charge in [-0.3, -0.25) is 0 Å². The van der Waals surface area contributed by atoms with Crippen molar-refractivity contribution in [1.29, 1.82) is 0 Å². The Kier molecular flexibility index (Phi) is 2.33. The van der Waals surface area contributed by atoms with E-state index >= 15 is 0 Å². The van der Waals surface area contributed by atoms with Crippen LogP contribution in [-0.4, -0.2) is 0 Å². The lowest BCUT2D eigenvalue weighted by atomic mass is 9.78. The van der Waals surface area contributed by atoms with Gasteiger partial charge in [0, 0.05) is 0 Å². The van der Waals surface area contributed by atoms with Gasteiger partial charge in [0.05, 0.1) is 0 Å². The van der Waals surface area contributed by atoms with Crippen LogP contribution in [0.25, 0.3) is 0 Å². The van der Waals surface area contributed by atoms with E-state index < -0.39 is 0 Å². The molecule has 0 spiro atoms. The Labute approximate surface area is 69.3 Å². The highest BCUT2D eigenvalue weighted by molar-refractivity contribution is 5.29. The van der Waals surface area contributed by atoms with Crippen LogP contribution in [0.1, 0.15) is 26.7 Å². The molecule has 0 aromatic carbocycles. The zero-order chi connectivity index (χ0) is 8.32. The van der Waals surface area contributed by atoms with Crippen LogP contribution in [0.2, 0.25) is 0 Å². The molecule has 0 saturated carbocycles. The molecule has 0 fully saturated rings. The van der Waals surface area contributed by atoms with Gasteiger partial charge in [-0.15, -0.1) is 0 Å². The fraction of sp³-hybridized carbons (Fsp3) is 0.455. The fourth-order valence-electron chi connectivity index (χ4n) is 1.37. The number of hydrogen-bond acceptors (Lipinski definition) is 0. The van der Waals surface area contributed by atoms with E-state index in [4.69, 9.17) is 0 Å². The van der Waals surface area contributed by atoms with Gasteiger partial charge in [0.1, 0.15) is 0 Å². The Morgan fingerprint density at radius 1 is 1.73 bits per heavy atom. The van der Waals surface area contributed by atoms with Crippen LogP contribution in [-0.2, 0) is 0 Å². The lowest BCUT2D eigenvalue weighted by Gasteiger charge is -2.27. The quantitative estimate of drug-likeness (QED) is 0.562. The summed E-state index contributed by atoms with van der Waals surface area (Å²) in [6.07, 6.45) is 10.9. The topological polar surface area (TPSA) is 0 Å². The van der Waals surface area contributed by atoms with Crippen molar-refractivity contribution < 1.29 is 0 Å². The predicted octanol–water partition coefficient (Wildman–Crippen LogP) is 3.48. The summed E-state index contributed by atoms with van der Waals surface area (Å²) < 4.78 is 0. The van der Waals surface area contributed by atoms with Crippen molar-refractivity contribution >= 4 is 0 Å². The number of hydrogen-bond donors (Lipinski definition) is 0. The second kappa shape index (κ2) is 3.08. The SMILES string of the molecule is C=CC1=CC=CC(C)(CC)C1. The fourth-order valence-corrected chi connectivity index (χ4v) is 1.37. The Morgan fingerprint density at radius 2 is 2.45 bits per heavy atom. The van der Waals surface area contributed by atoms with Gasteiger partial charge >= 0.3 is 0 Å². The van der Waals surface area contributed by atoms with Gasteiger partial charge in [-0.05, 0) is 23.8 Å². The van der Waals surface area contributed by atoms with Crippen molar-refractivity contribution in [2.24, 2.45) is 5.41 Å². The van der Waals surface area contributed by atoms with Gasteiger partial charge < -0.3 is 0 Å². The van der Waals surface area contributed by atoms with Gasteiger partial charge in [0.2, 0.25) is 0 Å². The van der Waals surface area contributed by atoms with E-state index in [0.29, 0.717) is 5.41 Å². The second-order valence-corrected chi connectivity index (χ2v) is 3.49. The van der Waals surface area contributed by atoms with E-state index in [1.165, 1.54) is 12.0 Å². The molecule has 0 heteroatoms. The highest BCUT2D eigenvalue weighted by Gasteiger charge is 2.20. The van der Waals surface area contributed by atoms with Crippen LogP contribution in [0.4, 0.5) is 0 Å². The average molecular weight is 148 g/mol. The normalized spacial score (nSPS) is 29.8. The summed E-state index contributed by atoms with van der Waals surface area (Å²) in [6, 6.07) is 0. The van der Waals surface area contributed by atoms with Gasteiger partial charge in [0.25, 0.3) is 0 Å². The van der Waals surface area contributed by atoms with E-state index in [2.05, 4.69) is 38.7 Å². The van der Waals surface area contributed by atoms with Crippen LogP contribution in [0, 0.1) is 5.41 Å². The molecule has 0 nitrogen and oxygen atoms in total. The van der Waals surface area contributed by atoms with Crippen LogP contribution >= 0.6 is 0 Å². The van der Waals surface area contributed by atoms with Gasteiger partial charge in [-0.1, -0.05) is 44.7 Å². The molecular weight excluding hydrogens is 132 g/mol. The van der Waals surface area contributed by atoms with Crippen molar-refractivity contribution in [2.45, 2.75) is 26.7 Å². The van der Waals surface area contributed by atoms with Crippen molar-refractivity contribution in [3.8, 4) is 0 Å². The Morgan fingerprint density at radius 3 is 3.00 bits per heavy atom. The molecule has 1 rings (SSSR count). The highest BCUT2D eigenvalue weighted by atomic mass is 14.2. The van der Waals surface area contributed by atoms with Crippen LogP contribution in [0.3, 0.4) is 0 Å². The lowest BCUT2D eigenvalue weighted by Crippen LogP contribution is -2.14. The first kappa shape index (κ1) is 8.32. The highest BCUT2D eigenvalue weighted by Crippen LogP contribution is 2.34. The van der Waals surface area contributed by atoms with Crippen LogP contribution < -0.4 is 0 Å². The first-order valence-electron chi connectivity index (χ1n) is 4.21. The molecule has 1 aliphatic rings. The molecule has 60 valence electrons. The third-order valence-corrected chi connectivity index (χ3v) is 2.49. The summed E-state index contributed by atoms with van der Waals surface area (Å²) >= 11 is 0. The number of allylic oxidation sites excluding steroid dienone is 5. The molecule has 0 aromatic heterocycles. The minimum Gasteiger partial charge on any atom is -0.0988 e. The minimum absolute atomic E-state index is 0.373. The molecule has 11 heavy (non-hydrogen) atoms. The van der Waals surface area contributed by atoms with Crippen molar-refractivity contribution in [3.05, 3.63) is 36.5 Å². The third-order valence-electron chi connectivity index (χ3n) is 2.49. The Balaban J connectivity index is 2.76. The lowest BCUT2D eigenvalue weighted by molar-refractivity contribution is 0.406. The summed E-state index contributed by atoms with van der Waals surface area (Å²) in [5, 5.41) is 0. The maximum Gasteiger partial charge on any atom is -0.0106 e. The van der Waals surface area contributed by atoms with Crippen molar-refractivity contribution in [1.82, 2.24) is 0 Å². The molecule has 0 saturated heterocycles. The Bertz CT molecular complexity index is 208. The zero-order valence-electron chi connectivity index (χ0n) is 7.43. The first-order valence-corrected chi connectivity index (χ1v) is 4.21. The molecule has 0 aliphatic heterocycles. The van der Waals surface area contributed by atoms with E-state index in [1.54, 1.807) is 0 Å². The summed E-state index contributed by atoms with van der Waals surface area (Å²) in [6.45, 7) is 8.31. The molecule has 0 N–H and O–H groups in total. The summed E-state index contributed by atoms with van der Waals surface area (Å²) in [4.78, 5) is 0. The summed E-state index contributed by atoms with van der Waals surface area (Å²) in [7, 11) is 0. The molecule has 1 atom stereocenters. The summed E-state index contributed by atoms with van der Waals surface area (Å²) in [5.74, 6) is 0. The second-order valence-electron chi connectivity index (χ2n) is 3.49. The Hall–Kier alpha value is -0.780. The maximum absolute atomic E-state index is 3.78. The predicted molar refractivity (Wildman–Crippen MR) is 50.4 cm³/mol. The van der Waals surface area contributed by atoms with Crippen molar-refractivity contribution in [3.63, 3.8) is 0 Å². The van der Waals surface area contributed by atoms with E-state index in [9.17, 15) is 0 Å². The average Bonchev–Trinajstić information content (AvgIpc) is 2.05. The molecule has 0 radical (unpaired) electrons. The molecular formula is C11H16. The molecule has 0 heterocycles.